The number of hydrogen-bond donors (Lipinski definition) is 2. The van der Waals surface area contributed by atoms with Crippen LogP contribution in [-0.4, -0.2) is 55.1 Å². The van der Waals surface area contributed by atoms with Gasteiger partial charge in [0, 0.05) is 25.8 Å². The van der Waals surface area contributed by atoms with E-state index in [1.54, 1.807) is 7.05 Å². The Kier molecular flexibility index (Phi) is 5.32. The highest BCUT2D eigenvalue weighted by molar-refractivity contribution is 7.89. The maximum absolute atomic E-state index is 12.4. The molecule has 7 nitrogen and oxygen atoms in total. The Morgan fingerprint density at radius 3 is 2.55 bits per heavy atom. The van der Waals surface area contributed by atoms with Crippen molar-refractivity contribution in [3.8, 4) is 0 Å². The summed E-state index contributed by atoms with van der Waals surface area (Å²) in [6, 6.07) is 1.25. The number of rotatable bonds is 6. The smallest absolute Gasteiger partial charge is 0.270 e. The monoisotopic (exact) mass is 303 g/mol. The third kappa shape index (κ3) is 3.38. The Morgan fingerprint density at radius 1 is 1.50 bits per heavy atom. The van der Waals surface area contributed by atoms with Crippen molar-refractivity contribution in [2.45, 2.75) is 24.8 Å². The number of aliphatic hydroxyl groups is 1. The maximum atomic E-state index is 12.4. The third-order valence-corrected chi connectivity index (χ3v) is 4.38. The van der Waals surface area contributed by atoms with Gasteiger partial charge in [0.15, 0.2) is 0 Å². The van der Waals surface area contributed by atoms with E-state index in [1.165, 1.54) is 28.8 Å². The topological polar surface area (TPSA) is 91.6 Å². The molecule has 2 N–H and O–H groups in total. The number of aryl methyl sites for hydroxylation is 1. The van der Waals surface area contributed by atoms with Gasteiger partial charge in [0.05, 0.1) is 6.61 Å². The summed E-state index contributed by atoms with van der Waals surface area (Å²) >= 11 is 0. The van der Waals surface area contributed by atoms with Crippen molar-refractivity contribution in [2.24, 2.45) is 7.05 Å². The van der Waals surface area contributed by atoms with Crippen LogP contribution < -0.4 is 4.72 Å². The van der Waals surface area contributed by atoms with E-state index in [2.05, 4.69) is 4.72 Å². The van der Waals surface area contributed by atoms with E-state index in [4.69, 9.17) is 5.11 Å². The summed E-state index contributed by atoms with van der Waals surface area (Å²) in [6.07, 6.45) is 1.39. The molecule has 20 heavy (non-hydrogen) atoms. The summed E-state index contributed by atoms with van der Waals surface area (Å²) in [7, 11) is -0.657. The summed E-state index contributed by atoms with van der Waals surface area (Å²) < 4.78 is 27.1. The Bertz CT molecular complexity index is 578. The molecule has 1 amide bonds. The van der Waals surface area contributed by atoms with Gasteiger partial charge in [-0.1, -0.05) is 0 Å². The molecule has 1 aromatic rings. The molecule has 114 valence electrons. The van der Waals surface area contributed by atoms with Gasteiger partial charge in [-0.05, 0) is 27.0 Å². The lowest BCUT2D eigenvalue weighted by Crippen LogP contribution is -2.39. The van der Waals surface area contributed by atoms with Crippen LogP contribution in [0.4, 0.5) is 0 Å². The normalized spacial score (nSPS) is 11.9. The Morgan fingerprint density at radius 2 is 2.10 bits per heavy atom. The molecule has 0 atom stereocenters. The average molecular weight is 303 g/mol. The largest absolute Gasteiger partial charge is 0.395 e. The van der Waals surface area contributed by atoms with Gasteiger partial charge in [0.25, 0.3) is 5.91 Å². The average Bonchev–Trinajstić information content (AvgIpc) is 2.77. The first-order valence-electron chi connectivity index (χ1n) is 6.26. The van der Waals surface area contributed by atoms with E-state index in [-0.39, 0.29) is 35.7 Å². The van der Waals surface area contributed by atoms with Crippen LogP contribution in [0.3, 0.4) is 0 Å². The first-order chi connectivity index (χ1) is 9.24. The minimum absolute atomic E-state index is 0.0403. The number of carbonyl (C=O) groups is 1. The van der Waals surface area contributed by atoms with Crippen molar-refractivity contribution >= 4 is 15.9 Å². The fraction of sp³-hybridized carbons (Fsp3) is 0.583. The molecule has 1 rings (SSSR count). The van der Waals surface area contributed by atoms with Gasteiger partial charge in [-0.3, -0.25) is 4.79 Å². The first kappa shape index (κ1) is 16.7. The van der Waals surface area contributed by atoms with E-state index in [0.29, 0.717) is 0 Å². The second kappa shape index (κ2) is 6.38. The lowest BCUT2D eigenvalue weighted by molar-refractivity contribution is 0.0655. The standard InChI is InChI=1S/C12H21N3O4S/c1-9(2)15(5-6-16)12(17)11-7-10(8-14(11)4)20(18,19)13-3/h7-9,13,16H,5-6H2,1-4H3. The van der Waals surface area contributed by atoms with Gasteiger partial charge in [-0.25, -0.2) is 13.1 Å². The molecule has 8 heteroatoms. The number of nitrogens with one attached hydrogen (secondary N) is 1. The van der Waals surface area contributed by atoms with Gasteiger partial charge in [-0.2, -0.15) is 0 Å². The van der Waals surface area contributed by atoms with E-state index in [1.807, 2.05) is 13.8 Å². The van der Waals surface area contributed by atoms with Crippen LogP contribution in [-0.2, 0) is 17.1 Å². The number of carbonyl (C=O) groups excluding carboxylic acids is 1. The van der Waals surface area contributed by atoms with E-state index in [0.717, 1.165) is 0 Å². The van der Waals surface area contributed by atoms with E-state index in [9.17, 15) is 13.2 Å². The zero-order valence-electron chi connectivity index (χ0n) is 12.1. The van der Waals surface area contributed by atoms with Crippen molar-refractivity contribution in [1.29, 1.82) is 0 Å². The Labute approximate surface area is 119 Å². The fourth-order valence-electron chi connectivity index (χ4n) is 1.86. The zero-order valence-corrected chi connectivity index (χ0v) is 12.9. The molecule has 0 saturated carbocycles. The second-order valence-electron chi connectivity index (χ2n) is 4.70. The van der Waals surface area contributed by atoms with Crippen LogP contribution in [0.5, 0.6) is 0 Å². The van der Waals surface area contributed by atoms with Crippen molar-refractivity contribution < 1.29 is 18.3 Å². The lowest BCUT2D eigenvalue weighted by Gasteiger charge is -2.26. The summed E-state index contributed by atoms with van der Waals surface area (Å²) in [5.74, 6) is -0.311. The van der Waals surface area contributed by atoms with E-state index >= 15 is 0 Å². The molecule has 0 aliphatic rings. The van der Waals surface area contributed by atoms with Gasteiger partial charge in [-0.15, -0.1) is 0 Å². The molecule has 0 aromatic carbocycles. The third-order valence-electron chi connectivity index (χ3n) is 3.00. The molecule has 1 heterocycles. The number of hydrogen-bond acceptors (Lipinski definition) is 4. The number of amides is 1. The predicted octanol–water partition coefficient (Wildman–Crippen LogP) is -0.224. The van der Waals surface area contributed by atoms with Gasteiger partial charge >= 0.3 is 0 Å². The summed E-state index contributed by atoms with van der Waals surface area (Å²) in [6.45, 7) is 3.73. The summed E-state index contributed by atoms with van der Waals surface area (Å²) in [5.41, 5.74) is 0.265. The Hall–Kier alpha value is -1.38. The maximum Gasteiger partial charge on any atom is 0.270 e. The molecular formula is C12H21N3O4S. The molecule has 0 bridgehead atoms. The second-order valence-corrected chi connectivity index (χ2v) is 6.58. The van der Waals surface area contributed by atoms with Crippen LogP contribution in [0.25, 0.3) is 0 Å². The van der Waals surface area contributed by atoms with Crippen LogP contribution in [0.2, 0.25) is 0 Å². The fourth-order valence-corrected chi connectivity index (χ4v) is 2.66. The van der Waals surface area contributed by atoms with Crippen molar-refractivity contribution in [2.75, 3.05) is 20.2 Å². The number of aromatic nitrogens is 1. The van der Waals surface area contributed by atoms with Crippen LogP contribution in [0.1, 0.15) is 24.3 Å². The van der Waals surface area contributed by atoms with Gasteiger partial charge in [0.1, 0.15) is 10.6 Å². The highest BCUT2D eigenvalue weighted by Crippen LogP contribution is 2.16. The van der Waals surface area contributed by atoms with Crippen LogP contribution >= 0.6 is 0 Å². The molecule has 1 aromatic heterocycles. The van der Waals surface area contributed by atoms with Crippen molar-refractivity contribution in [1.82, 2.24) is 14.2 Å². The summed E-state index contributed by atoms with van der Waals surface area (Å²) in [5, 5.41) is 9.02. The number of sulfonamides is 1. The van der Waals surface area contributed by atoms with Gasteiger partial charge < -0.3 is 14.6 Å². The molecule has 0 spiro atoms. The number of nitrogens with zero attached hydrogens (tertiary/aromatic N) is 2. The van der Waals surface area contributed by atoms with E-state index < -0.39 is 10.0 Å². The molecule has 0 radical (unpaired) electrons. The molecule has 0 unspecified atom stereocenters. The van der Waals surface area contributed by atoms with Gasteiger partial charge in [0.2, 0.25) is 10.0 Å². The van der Waals surface area contributed by atoms with Crippen LogP contribution in [0.15, 0.2) is 17.2 Å². The SMILES string of the molecule is CNS(=O)(=O)c1cc(C(=O)N(CCO)C(C)C)n(C)c1. The highest BCUT2D eigenvalue weighted by atomic mass is 32.2. The molecule has 0 fully saturated rings. The quantitative estimate of drug-likeness (QED) is 0.760. The summed E-state index contributed by atoms with van der Waals surface area (Å²) in [4.78, 5) is 13.9. The molecule has 0 saturated heterocycles. The van der Waals surface area contributed by atoms with Crippen LogP contribution in [0, 0.1) is 0 Å². The zero-order chi connectivity index (χ0) is 15.5. The molecule has 0 aliphatic heterocycles. The first-order valence-corrected chi connectivity index (χ1v) is 7.74. The van der Waals surface area contributed by atoms with Crippen molar-refractivity contribution in [3.05, 3.63) is 18.0 Å². The lowest BCUT2D eigenvalue weighted by atomic mass is 10.2. The Balaban J connectivity index is 3.17. The highest BCUT2D eigenvalue weighted by Gasteiger charge is 2.24. The molecule has 0 aliphatic carbocycles. The minimum atomic E-state index is -3.58. The van der Waals surface area contributed by atoms with Crippen molar-refractivity contribution in [3.63, 3.8) is 0 Å². The predicted molar refractivity (Wildman–Crippen MR) is 74.9 cm³/mol. The number of aliphatic hydroxyl groups excluding tert-OH is 1. The molecular weight excluding hydrogens is 282 g/mol. The minimum Gasteiger partial charge on any atom is -0.395 e.